The summed E-state index contributed by atoms with van der Waals surface area (Å²) in [7, 11) is 0. The number of amides is 1. The summed E-state index contributed by atoms with van der Waals surface area (Å²) in [5.41, 5.74) is 2.32. The normalized spacial score (nSPS) is 10.7. The standard InChI is InChI=1S/C19H13N5O2/c1-2-13-6-7-16-21-14(12-23(16)11-13)10-20-19(26)15-9-18(25)24-8-4-3-5-17(24)22-15/h1,3-9,11-12H,10H2,(H,20,26). The Bertz CT molecular complexity index is 1250. The molecule has 0 spiro atoms. The van der Waals surface area contributed by atoms with Gasteiger partial charge in [-0.1, -0.05) is 12.0 Å². The minimum Gasteiger partial charge on any atom is -0.345 e. The van der Waals surface area contributed by atoms with Crippen LogP contribution in [0.3, 0.4) is 0 Å². The lowest BCUT2D eigenvalue weighted by Gasteiger charge is -2.04. The van der Waals surface area contributed by atoms with Crippen LogP contribution in [0.1, 0.15) is 21.7 Å². The van der Waals surface area contributed by atoms with Gasteiger partial charge in [-0.2, -0.15) is 0 Å². The third kappa shape index (κ3) is 2.80. The van der Waals surface area contributed by atoms with E-state index < -0.39 is 5.91 Å². The van der Waals surface area contributed by atoms with Crippen molar-refractivity contribution in [2.24, 2.45) is 0 Å². The second-order valence-corrected chi connectivity index (χ2v) is 5.65. The van der Waals surface area contributed by atoms with Gasteiger partial charge in [-0.15, -0.1) is 6.42 Å². The summed E-state index contributed by atoms with van der Waals surface area (Å²) >= 11 is 0. The molecule has 0 fully saturated rings. The number of carbonyl (C=O) groups excluding carboxylic acids is 1. The van der Waals surface area contributed by atoms with Gasteiger partial charge < -0.3 is 9.72 Å². The zero-order valence-corrected chi connectivity index (χ0v) is 13.6. The number of hydrogen-bond donors (Lipinski definition) is 1. The van der Waals surface area contributed by atoms with E-state index in [9.17, 15) is 9.59 Å². The lowest BCUT2D eigenvalue weighted by Crippen LogP contribution is -2.27. The number of hydrogen-bond acceptors (Lipinski definition) is 4. The van der Waals surface area contributed by atoms with E-state index in [0.717, 1.165) is 11.2 Å². The summed E-state index contributed by atoms with van der Waals surface area (Å²) in [6, 6.07) is 9.98. The van der Waals surface area contributed by atoms with Crippen LogP contribution in [0.4, 0.5) is 0 Å². The first-order valence-electron chi connectivity index (χ1n) is 7.85. The highest BCUT2D eigenvalue weighted by molar-refractivity contribution is 5.92. The number of nitrogens with one attached hydrogen (secondary N) is 1. The van der Waals surface area contributed by atoms with Gasteiger partial charge in [-0.05, 0) is 24.3 Å². The van der Waals surface area contributed by atoms with Crippen molar-refractivity contribution in [3.63, 3.8) is 0 Å². The topological polar surface area (TPSA) is 80.8 Å². The van der Waals surface area contributed by atoms with Crippen molar-refractivity contribution >= 4 is 17.2 Å². The molecule has 1 amide bonds. The minimum absolute atomic E-state index is 0.0691. The smallest absolute Gasteiger partial charge is 0.270 e. The Morgan fingerprint density at radius 1 is 1.15 bits per heavy atom. The van der Waals surface area contributed by atoms with Crippen LogP contribution in [-0.4, -0.2) is 24.7 Å². The highest BCUT2D eigenvalue weighted by Crippen LogP contribution is 2.07. The molecule has 126 valence electrons. The van der Waals surface area contributed by atoms with Crippen LogP contribution in [0.15, 0.2) is 59.8 Å². The summed E-state index contributed by atoms with van der Waals surface area (Å²) in [5, 5.41) is 2.73. The molecule has 0 aromatic carbocycles. The molecule has 4 rings (SSSR count). The number of pyridine rings is 2. The molecule has 4 aromatic rings. The molecule has 4 heterocycles. The van der Waals surface area contributed by atoms with Crippen molar-refractivity contribution in [2.75, 3.05) is 0 Å². The summed E-state index contributed by atoms with van der Waals surface area (Å²) in [4.78, 5) is 33.0. The van der Waals surface area contributed by atoms with Crippen molar-refractivity contribution in [1.29, 1.82) is 0 Å². The van der Waals surface area contributed by atoms with Gasteiger partial charge in [0.15, 0.2) is 0 Å². The van der Waals surface area contributed by atoms with Crippen LogP contribution in [-0.2, 0) is 6.54 Å². The van der Waals surface area contributed by atoms with Gasteiger partial charge in [-0.25, -0.2) is 9.97 Å². The number of imidazole rings is 1. The van der Waals surface area contributed by atoms with Gasteiger partial charge in [0.25, 0.3) is 11.5 Å². The van der Waals surface area contributed by atoms with Crippen molar-refractivity contribution in [3.8, 4) is 12.3 Å². The third-order valence-corrected chi connectivity index (χ3v) is 3.90. The van der Waals surface area contributed by atoms with E-state index in [-0.39, 0.29) is 17.8 Å². The molecule has 0 saturated heterocycles. The fourth-order valence-electron chi connectivity index (χ4n) is 2.65. The highest BCUT2D eigenvalue weighted by Gasteiger charge is 2.11. The highest BCUT2D eigenvalue weighted by atomic mass is 16.2. The molecule has 0 unspecified atom stereocenters. The molecule has 0 atom stereocenters. The van der Waals surface area contributed by atoms with Gasteiger partial charge in [0.2, 0.25) is 0 Å². The van der Waals surface area contributed by atoms with Gasteiger partial charge in [0, 0.05) is 30.2 Å². The van der Waals surface area contributed by atoms with E-state index in [4.69, 9.17) is 6.42 Å². The molecule has 4 aromatic heterocycles. The molecule has 1 N–H and O–H groups in total. The van der Waals surface area contributed by atoms with Crippen LogP contribution in [0, 0.1) is 12.3 Å². The van der Waals surface area contributed by atoms with Crippen LogP contribution in [0.25, 0.3) is 11.3 Å². The number of terminal acetylenes is 1. The van der Waals surface area contributed by atoms with Crippen molar-refractivity contribution in [1.82, 2.24) is 24.1 Å². The first kappa shape index (κ1) is 15.6. The van der Waals surface area contributed by atoms with Crippen LogP contribution in [0.5, 0.6) is 0 Å². The van der Waals surface area contributed by atoms with E-state index in [1.54, 1.807) is 47.3 Å². The first-order chi connectivity index (χ1) is 12.6. The molecule has 0 aliphatic heterocycles. The van der Waals surface area contributed by atoms with E-state index in [1.807, 2.05) is 6.07 Å². The molecular weight excluding hydrogens is 330 g/mol. The Morgan fingerprint density at radius 2 is 2.04 bits per heavy atom. The largest absolute Gasteiger partial charge is 0.345 e. The van der Waals surface area contributed by atoms with Gasteiger partial charge in [-0.3, -0.25) is 14.0 Å². The average Bonchev–Trinajstić information content (AvgIpc) is 3.08. The Labute approximate surface area is 148 Å². The third-order valence-electron chi connectivity index (χ3n) is 3.90. The van der Waals surface area contributed by atoms with E-state index in [0.29, 0.717) is 11.3 Å². The SMILES string of the molecule is C#Cc1ccc2nc(CNC(=O)c3cc(=O)n4ccccc4n3)cn2c1. The average molecular weight is 343 g/mol. The molecule has 7 nitrogen and oxygen atoms in total. The van der Waals surface area contributed by atoms with Crippen molar-refractivity contribution < 1.29 is 4.79 Å². The van der Waals surface area contributed by atoms with Crippen molar-refractivity contribution in [2.45, 2.75) is 6.54 Å². The quantitative estimate of drug-likeness (QED) is 0.568. The monoisotopic (exact) mass is 343 g/mol. The summed E-state index contributed by atoms with van der Waals surface area (Å²) in [5.74, 6) is 2.13. The summed E-state index contributed by atoms with van der Waals surface area (Å²) < 4.78 is 3.18. The van der Waals surface area contributed by atoms with E-state index in [1.165, 1.54) is 10.5 Å². The number of rotatable bonds is 3. The predicted molar refractivity (Wildman–Crippen MR) is 95.8 cm³/mol. The minimum atomic E-state index is -0.435. The number of aromatic nitrogens is 4. The first-order valence-corrected chi connectivity index (χ1v) is 7.85. The summed E-state index contributed by atoms with van der Waals surface area (Å²) in [6.07, 6.45) is 10.6. The number of fused-ring (bicyclic) bond motifs is 2. The summed E-state index contributed by atoms with van der Waals surface area (Å²) in [6.45, 7) is 0.210. The molecule has 0 radical (unpaired) electrons. The molecule has 0 saturated carbocycles. The zero-order chi connectivity index (χ0) is 18.1. The maximum absolute atomic E-state index is 12.3. The molecule has 0 aliphatic rings. The molecule has 7 heteroatoms. The van der Waals surface area contributed by atoms with Crippen LogP contribution < -0.4 is 10.9 Å². The van der Waals surface area contributed by atoms with E-state index in [2.05, 4.69) is 21.2 Å². The molecule has 0 bridgehead atoms. The van der Waals surface area contributed by atoms with Gasteiger partial charge in [0.1, 0.15) is 17.0 Å². The Morgan fingerprint density at radius 3 is 2.88 bits per heavy atom. The fraction of sp³-hybridized carbons (Fsp3) is 0.0526. The Kier molecular flexibility index (Phi) is 3.71. The lowest BCUT2D eigenvalue weighted by molar-refractivity contribution is 0.0945. The zero-order valence-electron chi connectivity index (χ0n) is 13.6. The van der Waals surface area contributed by atoms with Crippen LogP contribution in [0.2, 0.25) is 0 Å². The van der Waals surface area contributed by atoms with Gasteiger partial charge in [0.05, 0.1) is 12.2 Å². The fourth-order valence-corrected chi connectivity index (χ4v) is 2.65. The maximum Gasteiger partial charge on any atom is 0.270 e. The molecule has 26 heavy (non-hydrogen) atoms. The lowest BCUT2D eigenvalue weighted by atomic mass is 10.3. The Hall–Kier alpha value is -3.92. The van der Waals surface area contributed by atoms with Gasteiger partial charge >= 0.3 is 0 Å². The second-order valence-electron chi connectivity index (χ2n) is 5.65. The Balaban J connectivity index is 1.55. The predicted octanol–water partition coefficient (Wildman–Crippen LogP) is 1.25. The second kappa shape index (κ2) is 6.18. The van der Waals surface area contributed by atoms with Crippen molar-refractivity contribution in [3.05, 3.63) is 82.3 Å². The molecule has 0 aliphatic carbocycles. The number of carbonyl (C=O) groups is 1. The maximum atomic E-state index is 12.3. The molecular formula is C19H13N5O2. The van der Waals surface area contributed by atoms with Crippen LogP contribution >= 0.6 is 0 Å². The van der Waals surface area contributed by atoms with E-state index >= 15 is 0 Å². The number of nitrogens with zero attached hydrogens (tertiary/aromatic N) is 4.